The molecule has 2 N–H and O–H groups in total. The van der Waals surface area contributed by atoms with Crippen LogP contribution in [0.15, 0.2) is 48.5 Å². The molecule has 174 valence electrons. The van der Waals surface area contributed by atoms with Crippen LogP contribution in [0.5, 0.6) is 11.5 Å². The Morgan fingerprint density at radius 3 is 2.19 bits per heavy atom. The van der Waals surface area contributed by atoms with E-state index < -0.39 is 11.7 Å². The van der Waals surface area contributed by atoms with Gasteiger partial charge in [0.25, 0.3) is 0 Å². The maximum atomic E-state index is 12.2. The molecule has 0 aliphatic rings. The van der Waals surface area contributed by atoms with Crippen LogP contribution in [0.25, 0.3) is 0 Å². The number of hydrogen-bond donors (Lipinski definition) is 2. The van der Waals surface area contributed by atoms with Crippen LogP contribution in [0.4, 0.5) is 0 Å². The van der Waals surface area contributed by atoms with Crippen molar-refractivity contribution in [3.05, 3.63) is 59.7 Å². The van der Waals surface area contributed by atoms with Crippen LogP contribution in [-0.2, 0) is 20.7 Å². The summed E-state index contributed by atoms with van der Waals surface area (Å²) in [5.74, 6) is 0.420. The number of aliphatic hydroxyl groups is 1. The van der Waals surface area contributed by atoms with Gasteiger partial charge in [0.2, 0.25) is 0 Å². The third kappa shape index (κ3) is 9.49. The smallest absolute Gasteiger partial charge is 0.320 e. The Bertz CT molecular complexity index is 855. The van der Waals surface area contributed by atoms with Gasteiger partial charge in [-0.15, -0.1) is 0 Å². The maximum absolute atomic E-state index is 12.2. The Morgan fingerprint density at radius 1 is 0.969 bits per heavy atom. The summed E-state index contributed by atoms with van der Waals surface area (Å²) in [6.45, 7) is 8.30. The first-order valence-corrected chi connectivity index (χ1v) is 10.8. The molecule has 0 saturated heterocycles. The van der Waals surface area contributed by atoms with Gasteiger partial charge in [-0.3, -0.25) is 9.59 Å². The minimum Gasteiger partial charge on any atom is -0.494 e. The highest BCUT2D eigenvalue weighted by atomic mass is 16.6. The van der Waals surface area contributed by atoms with Crippen molar-refractivity contribution in [3.8, 4) is 11.5 Å². The molecule has 7 nitrogen and oxygen atoms in total. The number of carbonyl (C=O) groups is 2. The second-order valence-corrected chi connectivity index (χ2v) is 8.45. The molecule has 2 aromatic rings. The van der Waals surface area contributed by atoms with Gasteiger partial charge in [0, 0.05) is 6.54 Å². The number of ether oxygens (including phenoxy) is 3. The Hall–Kier alpha value is -2.90. The lowest BCUT2D eigenvalue weighted by atomic mass is 10.1. The summed E-state index contributed by atoms with van der Waals surface area (Å²) < 4.78 is 16.1. The van der Waals surface area contributed by atoms with Gasteiger partial charge < -0.3 is 24.6 Å². The molecular formula is C25H33NO6. The minimum atomic E-state index is -0.810. The number of carbonyl (C=O) groups excluding carboxylic acids is 2. The van der Waals surface area contributed by atoms with Crippen LogP contribution in [0.3, 0.4) is 0 Å². The zero-order valence-corrected chi connectivity index (χ0v) is 19.2. The Labute approximate surface area is 189 Å². The Kier molecular flexibility index (Phi) is 9.68. The molecule has 0 heterocycles. The molecule has 2 aromatic carbocycles. The van der Waals surface area contributed by atoms with Crippen molar-refractivity contribution < 1.29 is 28.9 Å². The zero-order valence-electron chi connectivity index (χ0n) is 19.2. The average molecular weight is 444 g/mol. The van der Waals surface area contributed by atoms with Crippen LogP contribution in [0, 0.1) is 0 Å². The molecule has 32 heavy (non-hydrogen) atoms. The van der Waals surface area contributed by atoms with E-state index in [2.05, 4.69) is 5.32 Å². The summed E-state index contributed by atoms with van der Waals surface area (Å²) in [5, 5.41) is 13.2. The van der Waals surface area contributed by atoms with Crippen LogP contribution < -0.4 is 14.8 Å². The van der Waals surface area contributed by atoms with E-state index in [0.717, 1.165) is 17.7 Å². The van der Waals surface area contributed by atoms with Crippen molar-refractivity contribution >= 4 is 11.9 Å². The van der Waals surface area contributed by atoms with Gasteiger partial charge in [-0.05, 0) is 62.6 Å². The average Bonchev–Trinajstić information content (AvgIpc) is 2.72. The third-order valence-electron chi connectivity index (χ3n) is 4.27. The Morgan fingerprint density at radius 2 is 1.59 bits per heavy atom. The number of esters is 2. The number of nitrogens with one attached hydrogen (secondary N) is 1. The van der Waals surface area contributed by atoms with E-state index in [1.54, 1.807) is 45.0 Å². The quantitative estimate of drug-likeness (QED) is 0.405. The standard InChI is InChI=1S/C25H33NO6/c1-5-14-30-20-10-6-18(7-11-20)15-23(28)31-21-12-8-19(9-13-21)22(27)16-26-17-24(29)32-25(2,3)4/h6-13,22,26-27H,5,14-17H2,1-4H3. The van der Waals surface area contributed by atoms with Crippen molar-refractivity contribution in [1.82, 2.24) is 5.32 Å². The zero-order chi connectivity index (χ0) is 23.6. The molecule has 2 rings (SSSR count). The van der Waals surface area contributed by atoms with Crippen LogP contribution in [-0.4, -0.2) is 42.3 Å². The van der Waals surface area contributed by atoms with Crippen molar-refractivity contribution in [1.29, 1.82) is 0 Å². The van der Waals surface area contributed by atoms with E-state index in [1.165, 1.54) is 0 Å². The molecule has 0 amide bonds. The predicted octanol–water partition coefficient (Wildman–Crippen LogP) is 3.59. The SMILES string of the molecule is CCCOc1ccc(CC(=O)Oc2ccc(C(O)CNCC(=O)OC(C)(C)C)cc2)cc1. The first kappa shape index (κ1) is 25.4. The van der Waals surface area contributed by atoms with Gasteiger partial charge in [-0.25, -0.2) is 0 Å². The fourth-order valence-corrected chi connectivity index (χ4v) is 2.82. The lowest BCUT2D eigenvalue weighted by molar-refractivity contribution is -0.153. The molecule has 0 radical (unpaired) electrons. The van der Waals surface area contributed by atoms with Gasteiger partial charge in [-0.1, -0.05) is 31.2 Å². The van der Waals surface area contributed by atoms with Gasteiger partial charge in [0.15, 0.2) is 0 Å². The Balaban J connectivity index is 1.77. The molecule has 0 aromatic heterocycles. The second kappa shape index (κ2) is 12.2. The summed E-state index contributed by atoms with van der Waals surface area (Å²) in [4.78, 5) is 23.9. The summed E-state index contributed by atoms with van der Waals surface area (Å²) in [7, 11) is 0. The van der Waals surface area contributed by atoms with E-state index in [0.29, 0.717) is 17.9 Å². The van der Waals surface area contributed by atoms with Gasteiger partial charge in [0.05, 0.1) is 25.7 Å². The van der Waals surface area contributed by atoms with Crippen LogP contribution in [0.1, 0.15) is 51.3 Å². The van der Waals surface area contributed by atoms with Crippen molar-refractivity contribution in [2.75, 3.05) is 19.7 Å². The fraction of sp³-hybridized carbons (Fsp3) is 0.440. The van der Waals surface area contributed by atoms with Crippen molar-refractivity contribution in [2.24, 2.45) is 0 Å². The van der Waals surface area contributed by atoms with Gasteiger partial charge >= 0.3 is 11.9 Å². The van der Waals surface area contributed by atoms with Crippen molar-refractivity contribution in [3.63, 3.8) is 0 Å². The first-order chi connectivity index (χ1) is 15.2. The molecule has 7 heteroatoms. The number of rotatable bonds is 11. The summed E-state index contributed by atoms with van der Waals surface area (Å²) >= 11 is 0. The van der Waals surface area contributed by atoms with E-state index in [-0.39, 0.29) is 31.4 Å². The van der Waals surface area contributed by atoms with E-state index in [4.69, 9.17) is 14.2 Å². The lowest BCUT2D eigenvalue weighted by Crippen LogP contribution is -2.33. The topological polar surface area (TPSA) is 94.1 Å². The normalized spacial score (nSPS) is 12.2. The van der Waals surface area contributed by atoms with Crippen molar-refractivity contribution in [2.45, 2.75) is 52.2 Å². The van der Waals surface area contributed by atoms with E-state index in [9.17, 15) is 14.7 Å². The monoisotopic (exact) mass is 443 g/mol. The highest BCUT2D eigenvalue weighted by molar-refractivity contribution is 5.75. The molecular weight excluding hydrogens is 410 g/mol. The molecule has 0 saturated carbocycles. The summed E-state index contributed by atoms with van der Waals surface area (Å²) in [6, 6.07) is 14.0. The number of benzene rings is 2. The van der Waals surface area contributed by atoms with E-state index in [1.807, 2.05) is 31.2 Å². The molecule has 0 spiro atoms. The molecule has 0 aliphatic carbocycles. The number of aliphatic hydroxyl groups excluding tert-OH is 1. The summed E-state index contributed by atoms with van der Waals surface area (Å²) in [5.41, 5.74) is 0.933. The highest BCUT2D eigenvalue weighted by Gasteiger charge is 2.16. The fourth-order valence-electron chi connectivity index (χ4n) is 2.82. The second-order valence-electron chi connectivity index (χ2n) is 8.45. The number of hydrogen-bond acceptors (Lipinski definition) is 7. The third-order valence-corrected chi connectivity index (χ3v) is 4.27. The molecule has 0 fully saturated rings. The predicted molar refractivity (Wildman–Crippen MR) is 122 cm³/mol. The minimum absolute atomic E-state index is 0.00966. The molecule has 0 aliphatic heterocycles. The largest absolute Gasteiger partial charge is 0.494 e. The van der Waals surface area contributed by atoms with E-state index >= 15 is 0 Å². The molecule has 1 atom stereocenters. The lowest BCUT2D eigenvalue weighted by Gasteiger charge is -2.20. The summed E-state index contributed by atoms with van der Waals surface area (Å²) in [6.07, 6.45) is 0.273. The molecule has 0 bridgehead atoms. The maximum Gasteiger partial charge on any atom is 0.320 e. The van der Waals surface area contributed by atoms with Crippen LogP contribution >= 0.6 is 0 Å². The first-order valence-electron chi connectivity index (χ1n) is 10.8. The van der Waals surface area contributed by atoms with Gasteiger partial charge in [-0.2, -0.15) is 0 Å². The molecule has 1 unspecified atom stereocenters. The highest BCUT2D eigenvalue weighted by Crippen LogP contribution is 2.19. The van der Waals surface area contributed by atoms with Crippen LogP contribution in [0.2, 0.25) is 0 Å². The van der Waals surface area contributed by atoms with Gasteiger partial charge in [0.1, 0.15) is 17.1 Å².